The third-order valence-electron chi connectivity index (χ3n) is 7.06. The highest BCUT2D eigenvalue weighted by Crippen LogP contribution is 2.35. The van der Waals surface area contributed by atoms with Gasteiger partial charge in [-0.05, 0) is 59.7 Å². The zero-order valence-corrected chi connectivity index (χ0v) is 22.3. The number of rotatable bonds is 6. The number of H-pyrrole nitrogens is 1. The van der Waals surface area contributed by atoms with Gasteiger partial charge in [-0.15, -0.1) is 0 Å². The number of benzene rings is 3. The van der Waals surface area contributed by atoms with Crippen LogP contribution in [0.3, 0.4) is 0 Å². The quantitative estimate of drug-likeness (QED) is 0.270. The first-order valence-electron chi connectivity index (χ1n) is 12.8. The molecule has 6 nitrogen and oxygen atoms in total. The molecule has 0 aliphatic heterocycles. The van der Waals surface area contributed by atoms with E-state index in [0.717, 1.165) is 53.3 Å². The van der Waals surface area contributed by atoms with Crippen molar-refractivity contribution in [2.75, 3.05) is 4.72 Å². The Kier molecular flexibility index (Phi) is 6.58. The smallest absolute Gasteiger partial charge is 0.268 e. The Hall–Kier alpha value is -3.58. The summed E-state index contributed by atoms with van der Waals surface area (Å²) >= 11 is 0. The molecule has 1 heterocycles. The Labute approximate surface area is 218 Å². The SMILES string of the molecule is CC(C)(C)c1ccc(S(=O)(=O)Nc2ccc3[nH]c(C(=O)NC4CCCC4)c(-c4ccccc4)c3c2)cc1. The van der Waals surface area contributed by atoms with E-state index in [-0.39, 0.29) is 22.3 Å². The van der Waals surface area contributed by atoms with Crippen molar-refractivity contribution in [1.29, 1.82) is 0 Å². The first kappa shape index (κ1) is 25.1. The van der Waals surface area contributed by atoms with Crippen LogP contribution in [0.4, 0.5) is 5.69 Å². The highest BCUT2D eigenvalue weighted by atomic mass is 32.2. The van der Waals surface area contributed by atoms with Crippen LogP contribution >= 0.6 is 0 Å². The molecule has 1 aliphatic rings. The van der Waals surface area contributed by atoms with E-state index >= 15 is 0 Å². The number of aromatic nitrogens is 1. The second-order valence-electron chi connectivity index (χ2n) is 10.8. The molecule has 0 spiro atoms. The summed E-state index contributed by atoms with van der Waals surface area (Å²) < 4.78 is 29.1. The Bertz CT molecular complexity index is 1530. The van der Waals surface area contributed by atoms with Crippen molar-refractivity contribution in [1.82, 2.24) is 10.3 Å². The maximum atomic E-state index is 13.3. The van der Waals surface area contributed by atoms with Gasteiger partial charge in [-0.1, -0.05) is 76.1 Å². The molecule has 37 heavy (non-hydrogen) atoms. The van der Waals surface area contributed by atoms with E-state index in [1.54, 1.807) is 24.3 Å². The summed E-state index contributed by atoms with van der Waals surface area (Å²) in [7, 11) is -3.79. The van der Waals surface area contributed by atoms with Crippen molar-refractivity contribution in [2.45, 2.75) is 62.8 Å². The maximum Gasteiger partial charge on any atom is 0.268 e. The number of hydrogen-bond acceptors (Lipinski definition) is 3. The number of hydrogen-bond donors (Lipinski definition) is 3. The molecule has 0 unspecified atom stereocenters. The van der Waals surface area contributed by atoms with Crippen LogP contribution in [0.2, 0.25) is 0 Å². The number of sulfonamides is 1. The highest BCUT2D eigenvalue weighted by molar-refractivity contribution is 7.92. The van der Waals surface area contributed by atoms with Crippen molar-refractivity contribution < 1.29 is 13.2 Å². The number of amides is 1. The van der Waals surface area contributed by atoms with Gasteiger partial charge in [0.15, 0.2) is 0 Å². The summed E-state index contributed by atoms with van der Waals surface area (Å²) in [6.45, 7) is 6.27. The van der Waals surface area contributed by atoms with Gasteiger partial charge in [0.05, 0.1) is 4.90 Å². The number of aromatic amines is 1. The number of carbonyl (C=O) groups is 1. The summed E-state index contributed by atoms with van der Waals surface area (Å²) in [5.41, 5.74) is 4.36. The summed E-state index contributed by atoms with van der Waals surface area (Å²) in [6, 6.07) is 22.2. The van der Waals surface area contributed by atoms with Gasteiger partial charge in [0.2, 0.25) is 0 Å². The molecule has 192 valence electrons. The fraction of sp³-hybridized carbons (Fsp3) is 0.300. The van der Waals surface area contributed by atoms with Crippen LogP contribution in [0, 0.1) is 0 Å². The van der Waals surface area contributed by atoms with Crippen LogP contribution in [0.5, 0.6) is 0 Å². The molecule has 5 rings (SSSR count). The van der Waals surface area contributed by atoms with Crippen LogP contribution < -0.4 is 10.0 Å². The molecule has 4 aromatic rings. The molecule has 0 atom stereocenters. The third-order valence-corrected chi connectivity index (χ3v) is 8.46. The summed E-state index contributed by atoms with van der Waals surface area (Å²) in [5.74, 6) is -0.136. The molecule has 1 aromatic heterocycles. The van der Waals surface area contributed by atoms with Crippen molar-refractivity contribution in [2.24, 2.45) is 0 Å². The second kappa shape index (κ2) is 9.71. The summed E-state index contributed by atoms with van der Waals surface area (Å²) in [6.07, 6.45) is 4.25. The lowest BCUT2D eigenvalue weighted by molar-refractivity contribution is 0.0934. The minimum atomic E-state index is -3.79. The minimum Gasteiger partial charge on any atom is -0.350 e. The van der Waals surface area contributed by atoms with Crippen LogP contribution in [0.1, 0.15) is 62.5 Å². The number of nitrogens with one attached hydrogen (secondary N) is 3. The van der Waals surface area contributed by atoms with Gasteiger partial charge in [-0.3, -0.25) is 9.52 Å². The largest absolute Gasteiger partial charge is 0.350 e. The Morgan fingerprint density at radius 1 is 0.919 bits per heavy atom. The normalized spacial score (nSPS) is 14.7. The minimum absolute atomic E-state index is 0.0648. The second-order valence-corrected chi connectivity index (χ2v) is 12.5. The van der Waals surface area contributed by atoms with E-state index < -0.39 is 10.0 Å². The summed E-state index contributed by atoms with van der Waals surface area (Å²) in [4.78, 5) is 16.8. The molecule has 0 radical (unpaired) electrons. The Morgan fingerprint density at radius 2 is 1.59 bits per heavy atom. The molecule has 0 saturated heterocycles. The fourth-order valence-electron chi connectivity index (χ4n) is 5.01. The van der Waals surface area contributed by atoms with Crippen LogP contribution in [-0.2, 0) is 15.4 Å². The van der Waals surface area contributed by atoms with Gasteiger partial charge in [-0.25, -0.2) is 8.42 Å². The van der Waals surface area contributed by atoms with Gasteiger partial charge < -0.3 is 10.3 Å². The fourth-order valence-corrected chi connectivity index (χ4v) is 6.06. The number of anilines is 1. The van der Waals surface area contributed by atoms with E-state index in [4.69, 9.17) is 0 Å². The zero-order valence-electron chi connectivity index (χ0n) is 21.5. The lowest BCUT2D eigenvalue weighted by Gasteiger charge is -2.19. The van der Waals surface area contributed by atoms with E-state index in [0.29, 0.717) is 11.4 Å². The molecule has 1 saturated carbocycles. The topological polar surface area (TPSA) is 91.1 Å². The van der Waals surface area contributed by atoms with Crippen molar-refractivity contribution in [3.8, 4) is 11.1 Å². The Balaban J connectivity index is 1.51. The molecular formula is C30H33N3O3S. The molecule has 1 fully saturated rings. The predicted octanol–water partition coefficient (Wildman–Crippen LogP) is 6.61. The molecule has 1 amide bonds. The highest BCUT2D eigenvalue weighted by Gasteiger charge is 2.24. The lowest BCUT2D eigenvalue weighted by atomic mass is 9.87. The van der Waals surface area contributed by atoms with Crippen molar-refractivity contribution in [3.05, 3.63) is 84.1 Å². The zero-order chi connectivity index (χ0) is 26.2. The van der Waals surface area contributed by atoms with Crippen LogP contribution in [0.25, 0.3) is 22.0 Å². The average molecular weight is 516 g/mol. The maximum absolute atomic E-state index is 13.3. The van der Waals surface area contributed by atoms with Crippen molar-refractivity contribution in [3.63, 3.8) is 0 Å². The molecule has 7 heteroatoms. The van der Waals surface area contributed by atoms with E-state index in [2.05, 4.69) is 35.8 Å². The molecule has 3 aromatic carbocycles. The molecule has 1 aliphatic carbocycles. The first-order chi connectivity index (χ1) is 17.6. The van der Waals surface area contributed by atoms with E-state index in [1.165, 1.54) is 0 Å². The van der Waals surface area contributed by atoms with Gasteiger partial charge in [0, 0.05) is 28.2 Å². The number of fused-ring (bicyclic) bond motifs is 1. The van der Waals surface area contributed by atoms with Gasteiger partial charge in [-0.2, -0.15) is 0 Å². The Morgan fingerprint density at radius 3 is 2.24 bits per heavy atom. The predicted molar refractivity (Wildman–Crippen MR) is 149 cm³/mol. The first-order valence-corrected chi connectivity index (χ1v) is 14.3. The molecule has 3 N–H and O–H groups in total. The number of carbonyl (C=O) groups excluding carboxylic acids is 1. The van der Waals surface area contributed by atoms with Crippen LogP contribution in [0.15, 0.2) is 77.7 Å². The van der Waals surface area contributed by atoms with Gasteiger partial charge in [0.25, 0.3) is 15.9 Å². The average Bonchev–Trinajstić information content (AvgIpc) is 3.51. The van der Waals surface area contributed by atoms with E-state index in [9.17, 15) is 13.2 Å². The van der Waals surface area contributed by atoms with Gasteiger partial charge in [0.1, 0.15) is 5.69 Å². The third kappa shape index (κ3) is 5.27. The monoisotopic (exact) mass is 515 g/mol. The molecular weight excluding hydrogens is 482 g/mol. The summed E-state index contributed by atoms with van der Waals surface area (Å²) in [5, 5.41) is 3.96. The lowest BCUT2D eigenvalue weighted by Crippen LogP contribution is -2.33. The molecule has 0 bridgehead atoms. The standard InChI is InChI=1S/C30H33N3O3S/c1-30(2,3)21-13-16-24(17-14-21)37(35,36)33-23-15-18-26-25(19-23)27(20-9-5-4-6-10-20)28(32-26)29(34)31-22-11-7-8-12-22/h4-6,9-10,13-19,22,32-33H,7-8,11-12H2,1-3H3,(H,31,34). The van der Waals surface area contributed by atoms with Gasteiger partial charge >= 0.3 is 0 Å². The van der Waals surface area contributed by atoms with E-state index in [1.807, 2.05) is 48.5 Å². The van der Waals surface area contributed by atoms with Crippen LogP contribution in [-0.4, -0.2) is 25.4 Å². The van der Waals surface area contributed by atoms with Crippen molar-refractivity contribution >= 4 is 32.5 Å².